The minimum atomic E-state index is -0.401. The average molecular weight is 405 g/mol. The maximum atomic E-state index is 9.48. The van der Waals surface area contributed by atoms with Crippen molar-refractivity contribution in [2.24, 2.45) is 0 Å². The van der Waals surface area contributed by atoms with Crippen molar-refractivity contribution in [1.82, 2.24) is 20.3 Å². The summed E-state index contributed by atoms with van der Waals surface area (Å²) < 4.78 is 0. The molecule has 0 amide bonds. The third-order valence-electron chi connectivity index (χ3n) is 4.21. The molecule has 27 heavy (non-hydrogen) atoms. The molecule has 7 heteroatoms. The van der Waals surface area contributed by atoms with Crippen molar-refractivity contribution in [2.45, 2.75) is 32.5 Å². The smallest absolute Gasteiger partial charge is 0.117 e. The van der Waals surface area contributed by atoms with Gasteiger partial charge < -0.3 is 10.4 Å². The maximum absolute atomic E-state index is 9.48. The first-order valence-electron chi connectivity index (χ1n) is 8.67. The van der Waals surface area contributed by atoms with E-state index in [0.717, 1.165) is 22.5 Å². The molecule has 0 spiro atoms. The van der Waals surface area contributed by atoms with Gasteiger partial charge in [0.1, 0.15) is 11.4 Å². The Morgan fingerprint density at radius 3 is 2.44 bits per heavy atom. The van der Waals surface area contributed by atoms with E-state index in [4.69, 9.17) is 23.2 Å². The Labute approximate surface area is 168 Å². The molecule has 0 saturated heterocycles. The molecule has 0 aliphatic rings. The van der Waals surface area contributed by atoms with Gasteiger partial charge in [0.25, 0.3) is 0 Å². The minimum absolute atomic E-state index is 0.0328. The van der Waals surface area contributed by atoms with Crippen molar-refractivity contribution in [3.05, 3.63) is 69.8 Å². The van der Waals surface area contributed by atoms with Crippen molar-refractivity contribution >= 4 is 23.2 Å². The predicted molar refractivity (Wildman–Crippen MR) is 109 cm³/mol. The van der Waals surface area contributed by atoms with Crippen LogP contribution >= 0.6 is 23.2 Å². The highest BCUT2D eigenvalue weighted by molar-refractivity contribution is 6.42. The van der Waals surface area contributed by atoms with E-state index in [9.17, 15) is 5.11 Å². The van der Waals surface area contributed by atoms with Crippen LogP contribution in [0.1, 0.15) is 25.1 Å². The summed E-state index contributed by atoms with van der Waals surface area (Å²) in [6.07, 6.45) is 0. The van der Waals surface area contributed by atoms with Gasteiger partial charge in [0.15, 0.2) is 0 Å². The van der Waals surface area contributed by atoms with Gasteiger partial charge >= 0.3 is 0 Å². The Hall–Kier alpha value is -1.92. The summed E-state index contributed by atoms with van der Waals surface area (Å²) in [5.41, 5.74) is 3.20. The molecule has 1 heterocycles. The molecule has 0 aliphatic heterocycles. The third-order valence-corrected chi connectivity index (χ3v) is 4.95. The molecule has 0 bridgehead atoms. The lowest BCUT2D eigenvalue weighted by molar-refractivity contribution is 0.187. The van der Waals surface area contributed by atoms with E-state index in [1.54, 1.807) is 10.9 Å². The molecule has 0 aliphatic carbocycles. The van der Waals surface area contributed by atoms with Gasteiger partial charge in [-0.25, -0.2) is 0 Å². The predicted octanol–water partition coefficient (Wildman–Crippen LogP) is 4.16. The Bertz CT molecular complexity index is 910. The van der Waals surface area contributed by atoms with Crippen molar-refractivity contribution in [2.75, 3.05) is 6.61 Å². The van der Waals surface area contributed by atoms with Gasteiger partial charge in [-0.2, -0.15) is 15.0 Å². The topological polar surface area (TPSA) is 63.0 Å². The minimum Gasteiger partial charge on any atom is -0.394 e. The second-order valence-electron chi connectivity index (χ2n) is 7.04. The lowest BCUT2D eigenvalue weighted by atomic mass is 10.1. The number of aliphatic hydroxyl groups is 1. The second kappa shape index (κ2) is 8.40. The van der Waals surface area contributed by atoms with E-state index in [-0.39, 0.29) is 6.61 Å². The Morgan fingerprint density at radius 1 is 1.04 bits per heavy atom. The number of hydrogen-bond acceptors (Lipinski definition) is 4. The van der Waals surface area contributed by atoms with Crippen LogP contribution in [0.15, 0.2) is 48.5 Å². The van der Waals surface area contributed by atoms with E-state index in [0.29, 0.717) is 23.1 Å². The molecular weight excluding hydrogens is 383 g/mol. The van der Waals surface area contributed by atoms with Gasteiger partial charge in [0.2, 0.25) is 0 Å². The van der Waals surface area contributed by atoms with Crippen LogP contribution in [-0.2, 0) is 13.1 Å². The van der Waals surface area contributed by atoms with Crippen LogP contribution in [0.2, 0.25) is 10.0 Å². The van der Waals surface area contributed by atoms with Crippen molar-refractivity contribution < 1.29 is 5.11 Å². The van der Waals surface area contributed by atoms with Gasteiger partial charge in [-0.05, 0) is 31.5 Å². The fourth-order valence-corrected chi connectivity index (χ4v) is 2.89. The Morgan fingerprint density at radius 2 is 1.78 bits per heavy atom. The highest BCUT2D eigenvalue weighted by atomic mass is 35.5. The number of halogens is 2. The van der Waals surface area contributed by atoms with E-state index >= 15 is 0 Å². The summed E-state index contributed by atoms with van der Waals surface area (Å²) in [5, 5.41) is 23.2. The van der Waals surface area contributed by atoms with Crippen LogP contribution < -0.4 is 5.32 Å². The van der Waals surface area contributed by atoms with Gasteiger partial charge in [-0.15, -0.1) is 0 Å². The largest absolute Gasteiger partial charge is 0.394 e. The summed E-state index contributed by atoms with van der Waals surface area (Å²) in [6.45, 7) is 4.90. The Kier molecular flexibility index (Phi) is 6.17. The fourth-order valence-electron chi connectivity index (χ4n) is 2.57. The standard InChI is InChI=1S/C20H22Cl2N4O/c1-20(2,13-27)23-11-18-19(15-6-4-3-5-7-15)25-26(24-18)12-14-8-9-16(21)17(22)10-14/h3-10,23,27H,11-13H2,1-2H3. The molecule has 0 radical (unpaired) electrons. The fraction of sp³-hybridized carbons (Fsp3) is 0.300. The van der Waals surface area contributed by atoms with Crippen molar-refractivity contribution in [1.29, 1.82) is 0 Å². The van der Waals surface area contributed by atoms with Gasteiger partial charge in [0.05, 0.1) is 23.2 Å². The van der Waals surface area contributed by atoms with Crippen LogP contribution in [-0.4, -0.2) is 32.2 Å². The summed E-state index contributed by atoms with van der Waals surface area (Å²) in [5.74, 6) is 0. The summed E-state index contributed by atoms with van der Waals surface area (Å²) >= 11 is 12.1. The molecule has 3 rings (SSSR count). The Balaban J connectivity index is 1.90. The highest BCUT2D eigenvalue weighted by Crippen LogP contribution is 2.24. The number of aromatic nitrogens is 3. The molecule has 0 unspecified atom stereocenters. The molecule has 0 fully saturated rings. The molecule has 1 aromatic heterocycles. The van der Waals surface area contributed by atoms with E-state index < -0.39 is 5.54 Å². The summed E-state index contributed by atoms with van der Waals surface area (Å²) in [7, 11) is 0. The zero-order valence-corrected chi connectivity index (χ0v) is 16.8. The summed E-state index contributed by atoms with van der Waals surface area (Å²) in [4.78, 5) is 1.66. The molecular formula is C20H22Cl2N4O. The van der Waals surface area contributed by atoms with Crippen LogP contribution in [0.5, 0.6) is 0 Å². The molecule has 2 N–H and O–H groups in total. The number of benzene rings is 2. The molecule has 3 aromatic rings. The summed E-state index contributed by atoms with van der Waals surface area (Å²) in [6, 6.07) is 15.4. The van der Waals surface area contributed by atoms with Crippen molar-refractivity contribution in [3.63, 3.8) is 0 Å². The van der Waals surface area contributed by atoms with Gasteiger partial charge in [-0.3, -0.25) is 0 Å². The molecule has 5 nitrogen and oxygen atoms in total. The first-order valence-corrected chi connectivity index (χ1v) is 9.43. The lowest BCUT2D eigenvalue weighted by Gasteiger charge is -2.23. The average Bonchev–Trinajstić information content (AvgIpc) is 3.07. The monoisotopic (exact) mass is 404 g/mol. The zero-order valence-electron chi connectivity index (χ0n) is 15.3. The number of hydrogen-bond donors (Lipinski definition) is 2. The molecule has 0 saturated carbocycles. The van der Waals surface area contributed by atoms with Crippen molar-refractivity contribution in [3.8, 4) is 11.3 Å². The van der Waals surface area contributed by atoms with Crippen LogP contribution in [0.4, 0.5) is 0 Å². The maximum Gasteiger partial charge on any atom is 0.117 e. The van der Waals surface area contributed by atoms with E-state index in [2.05, 4.69) is 15.5 Å². The van der Waals surface area contributed by atoms with Crippen LogP contribution in [0.3, 0.4) is 0 Å². The number of nitrogens with one attached hydrogen (secondary N) is 1. The third kappa shape index (κ3) is 5.08. The normalized spacial score (nSPS) is 11.7. The van der Waals surface area contributed by atoms with Gasteiger partial charge in [-0.1, -0.05) is 59.6 Å². The molecule has 0 atom stereocenters. The number of nitrogens with zero attached hydrogens (tertiary/aromatic N) is 3. The SMILES string of the molecule is CC(C)(CO)NCc1nn(Cc2ccc(Cl)c(Cl)c2)nc1-c1ccccc1. The quantitative estimate of drug-likeness (QED) is 0.620. The molecule has 2 aromatic carbocycles. The zero-order chi connectivity index (χ0) is 19.4. The second-order valence-corrected chi connectivity index (χ2v) is 7.85. The van der Waals surface area contributed by atoms with E-state index in [1.165, 1.54) is 0 Å². The number of rotatable bonds is 7. The first-order chi connectivity index (χ1) is 12.9. The van der Waals surface area contributed by atoms with Crippen LogP contribution in [0.25, 0.3) is 11.3 Å². The molecule has 142 valence electrons. The highest BCUT2D eigenvalue weighted by Gasteiger charge is 2.19. The first kappa shape index (κ1) is 19.8. The van der Waals surface area contributed by atoms with Crippen LogP contribution in [0, 0.1) is 0 Å². The number of aliphatic hydroxyl groups excluding tert-OH is 1. The van der Waals surface area contributed by atoms with Gasteiger partial charge in [0, 0.05) is 17.6 Å². The lowest BCUT2D eigenvalue weighted by Crippen LogP contribution is -2.42. The van der Waals surface area contributed by atoms with E-state index in [1.807, 2.05) is 56.3 Å².